The molecule has 0 atom stereocenters. The van der Waals surface area contributed by atoms with E-state index in [1.165, 1.54) is 0 Å². The Morgan fingerprint density at radius 3 is 2.17 bits per heavy atom. The number of rotatable bonds is 7. The number of carbonyl (C=O) groups excluding carboxylic acids is 1. The van der Waals surface area contributed by atoms with Gasteiger partial charge in [-0.2, -0.15) is 0 Å². The summed E-state index contributed by atoms with van der Waals surface area (Å²) < 4.78 is 25.1. The van der Waals surface area contributed by atoms with E-state index in [9.17, 15) is 13.2 Å². The summed E-state index contributed by atoms with van der Waals surface area (Å²) in [5, 5.41) is 3.62. The molecule has 0 aliphatic rings. The summed E-state index contributed by atoms with van der Waals surface area (Å²) in [7, 11) is -3.43. The van der Waals surface area contributed by atoms with Crippen LogP contribution in [-0.2, 0) is 28.4 Å². The lowest BCUT2D eigenvalue weighted by molar-refractivity contribution is 0.102. The zero-order chi connectivity index (χ0) is 21.7. The first-order chi connectivity index (χ1) is 14.4. The Kier molecular flexibility index (Phi) is 6.95. The van der Waals surface area contributed by atoms with Crippen LogP contribution in [0.5, 0.6) is 0 Å². The van der Waals surface area contributed by atoms with Crippen LogP contribution in [0, 0.1) is 0 Å². The minimum absolute atomic E-state index is 0.118. The van der Waals surface area contributed by atoms with Crippen molar-refractivity contribution in [2.24, 2.45) is 0 Å². The molecular formula is C24H24ClNO3S. The van der Waals surface area contributed by atoms with Crippen molar-refractivity contribution < 1.29 is 13.2 Å². The van der Waals surface area contributed by atoms with Gasteiger partial charge >= 0.3 is 0 Å². The first kappa shape index (κ1) is 22.1. The smallest absolute Gasteiger partial charge is 0.255 e. The van der Waals surface area contributed by atoms with Crippen molar-refractivity contribution in [3.8, 4) is 0 Å². The molecule has 6 heteroatoms. The lowest BCUT2D eigenvalue weighted by atomic mass is 10.0. The molecule has 0 aliphatic heterocycles. The van der Waals surface area contributed by atoms with E-state index in [0.717, 1.165) is 23.2 Å². The fraction of sp³-hybridized carbons (Fsp3) is 0.208. The van der Waals surface area contributed by atoms with Gasteiger partial charge in [-0.1, -0.05) is 61.8 Å². The molecule has 0 unspecified atom stereocenters. The van der Waals surface area contributed by atoms with Crippen LogP contribution in [0.1, 0.15) is 40.9 Å². The van der Waals surface area contributed by atoms with E-state index < -0.39 is 9.84 Å². The number of halogens is 1. The number of nitrogens with one attached hydrogen (secondary N) is 1. The van der Waals surface area contributed by atoms with Gasteiger partial charge in [-0.3, -0.25) is 4.79 Å². The predicted molar refractivity (Wildman–Crippen MR) is 122 cm³/mol. The average Bonchev–Trinajstić information content (AvgIpc) is 2.75. The molecule has 0 aromatic heterocycles. The van der Waals surface area contributed by atoms with Gasteiger partial charge < -0.3 is 5.32 Å². The maximum absolute atomic E-state index is 12.8. The molecular weight excluding hydrogens is 418 g/mol. The molecule has 0 saturated heterocycles. The highest BCUT2D eigenvalue weighted by Crippen LogP contribution is 2.30. The fourth-order valence-electron chi connectivity index (χ4n) is 3.34. The largest absolute Gasteiger partial charge is 0.321 e. The number of hydrogen-bond acceptors (Lipinski definition) is 3. The van der Waals surface area contributed by atoms with Crippen LogP contribution >= 0.6 is 11.6 Å². The summed E-state index contributed by atoms with van der Waals surface area (Å²) in [6, 6.07) is 18.8. The Bertz CT molecular complexity index is 1140. The van der Waals surface area contributed by atoms with Crippen LogP contribution < -0.4 is 5.32 Å². The highest BCUT2D eigenvalue weighted by molar-refractivity contribution is 7.90. The number of anilines is 1. The molecule has 156 valence electrons. The number of hydrogen-bond donors (Lipinski definition) is 1. The fourth-order valence-corrected chi connectivity index (χ4v) is 5.00. The van der Waals surface area contributed by atoms with Crippen LogP contribution in [0.3, 0.4) is 0 Å². The van der Waals surface area contributed by atoms with E-state index in [0.29, 0.717) is 22.6 Å². The zero-order valence-electron chi connectivity index (χ0n) is 17.0. The molecule has 3 aromatic rings. The minimum atomic E-state index is -3.43. The Labute approximate surface area is 182 Å². The summed E-state index contributed by atoms with van der Waals surface area (Å²) in [5.41, 5.74) is 3.78. The Morgan fingerprint density at radius 2 is 1.57 bits per heavy atom. The van der Waals surface area contributed by atoms with Crippen molar-refractivity contribution in [3.63, 3.8) is 0 Å². The molecule has 0 heterocycles. The van der Waals surface area contributed by atoms with Crippen LogP contribution in [-0.4, -0.2) is 14.3 Å². The van der Waals surface area contributed by atoms with E-state index in [-0.39, 0.29) is 16.6 Å². The van der Waals surface area contributed by atoms with Gasteiger partial charge in [-0.05, 0) is 59.9 Å². The highest BCUT2D eigenvalue weighted by atomic mass is 35.5. The van der Waals surface area contributed by atoms with Gasteiger partial charge in [-0.25, -0.2) is 8.42 Å². The molecule has 1 amide bonds. The van der Waals surface area contributed by atoms with Gasteiger partial charge in [0.1, 0.15) is 0 Å². The standard InChI is InChI=1S/C24H24ClNO3S/c1-3-18-14-15-22(25)21(4-2)23(18)26-24(27)19-12-10-17(11-13-19)16-30(28,29)20-8-6-5-7-9-20/h5-15H,3-4,16H2,1-2H3,(H,26,27). The van der Waals surface area contributed by atoms with E-state index >= 15 is 0 Å². The van der Waals surface area contributed by atoms with Gasteiger partial charge in [0.05, 0.1) is 10.6 Å². The number of aryl methyl sites for hydroxylation is 1. The lowest BCUT2D eigenvalue weighted by Gasteiger charge is -2.16. The van der Waals surface area contributed by atoms with Crippen molar-refractivity contribution in [3.05, 3.63) is 94.0 Å². The minimum Gasteiger partial charge on any atom is -0.321 e. The van der Waals surface area contributed by atoms with Crippen molar-refractivity contribution in [1.29, 1.82) is 0 Å². The second-order valence-corrected chi connectivity index (χ2v) is 9.39. The molecule has 0 bridgehead atoms. The van der Waals surface area contributed by atoms with Crippen LogP contribution in [0.25, 0.3) is 0 Å². The van der Waals surface area contributed by atoms with Gasteiger partial charge in [0.2, 0.25) is 0 Å². The van der Waals surface area contributed by atoms with Gasteiger partial charge in [-0.15, -0.1) is 0 Å². The van der Waals surface area contributed by atoms with Gasteiger partial charge in [0, 0.05) is 16.3 Å². The summed E-state index contributed by atoms with van der Waals surface area (Å²) in [4.78, 5) is 13.1. The van der Waals surface area contributed by atoms with Crippen molar-refractivity contribution in [1.82, 2.24) is 0 Å². The van der Waals surface area contributed by atoms with Gasteiger partial charge in [0.15, 0.2) is 9.84 Å². The normalized spacial score (nSPS) is 11.3. The summed E-state index contributed by atoms with van der Waals surface area (Å²) >= 11 is 6.31. The molecule has 1 N–H and O–H groups in total. The lowest BCUT2D eigenvalue weighted by Crippen LogP contribution is -2.15. The molecule has 0 fully saturated rings. The van der Waals surface area contributed by atoms with Crippen LogP contribution in [0.2, 0.25) is 5.02 Å². The molecule has 0 aliphatic carbocycles. The maximum Gasteiger partial charge on any atom is 0.255 e. The number of amides is 1. The maximum atomic E-state index is 12.8. The van der Waals surface area contributed by atoms with Gasteiger partial charge in [0.25, 0.3) is 5.91 Å². The second kappa shape index (κ2) is 9.45. The quantitative estimate of drug-likeness (QED) is 0.512. The molecule has 3 aromatic carbocycles. The van der Waals surface area contributed by atoms with E-state index in [4.69, 9.17) is 11.6 Å². The summed E-state index contributed by atoms with van der Waals surface area (Å²) in [6.07, 6.45) is 1.48. The molecule has 0 saturated carbocycles. The first-order valence-electron chi connectivity index (χ1n) is 9.84. The average molecular weight is 442 g/mol. The number of benzene rings is 3. The van der Waals surface area contributed by atoms with E-state index in [2.05, 4.69) is 5.32 Å². The Balaban J connectivity index is 1.79. The Hall–Kier alpha value is -2.63. The van der Waals surface area contributed by atoms with E-state index in [1.54, 1.807) is 54.6 Å². The molecule has 30 heavy (non-hydrogen) atoms. The summed E-state index contributed by atoms with van der Waals surface area (Å²) in [6.45, 7) is 4.03. The molecule has 0 spiro atoms. The topological polar surface area (TPSA) is 63.2 Å². The third-order valence-corrected chi connectivity index (χ3v) is 7.05. The molecule has 0 radical (unpaired) electrons. The SMILES string of the molecule is CCc1ccc(Cl)c(CC)c1NC(=O)c1ccc(CS(=O)(=O)c2ccccc2)cc1. The van der Waals surface area contributed by atoms with Crippen molar-refractivity contribution >= 4 is 33.0 Å². The van der Waals surface area contributed by atoms with Crippen LogP contribution in [0.4, 0.5) is 5.69 Å². The van der Waals surface area contributed by atoms with Crippen molar-refractivity contribution in [2.45, 2.75) is 37.3 Å². The Morgan fingerprint density at radius 1 is 0.900 bits per heavy atom. The zero-order valence-corrected chi connectivity index (χ0v) is 18.6. The third kappa shape index (κ3) is 4.91. The second-order valence-electron chi connectivity index (χ2n) is 6.99. The van der Waals surface area contributed by atoms with Crippen LogP contribution in [0.15, 0.2) is 71.6 Å². The number of sulfone groups is 1. The predicted octanol–water partition coefficient (Wildman–Crippen LogP) is 5.69. The summed E-state index contributed by atoms with van der Waals surface area (Å²) in [5.74, 6) is -0.369. The molecule has 3 rings (SSSR count). The monoisotopic (exact) mass is 441 g/mol. The van der Waals surface area contributed by atoms with Crippen molar-refractivity contribution in [2.75, 3.05) is 5.32 Å². The first-order valence-corrected chi connectivity index (χ1v) is 11.9. The molecule has 4 nitrogen and oxygen atoms in total. The number of carbonyl (C=O) groups is 1. The third-order valence-electron chi connectivity index (χ3n) is 4.99. The highest BCUT2D eigenvalue weighted by Gasteiger charge is 2.17. The van der Waals surface area contributed by atoms with E-state index in [1.807, 2.05) is 26.0 Å².